The van der Waals surface area contributed by atoms with Crippen LogP contribution in [0.15, 0.2) is 36.8 Å². The lowest BCUT2D eigenvalue weighted by Crippen LogP contribution is -2.51. The number of rotatable bonds is 7. The van der Waals surface area contributed by atoms with E-state index in [-0.39, 0.29) is 31.4 Å². The zero-order chi connectivity index (χ0) is 27.5. The molecule has 0 radical (unpaired) electrons. The van der Waals surface area contributed by atoms with E-state index in [0.29, 0.717) is 43.2 Å². The van der Waals surface area contributed by atoms with Crippen molar-refractivity contribution in [2.75, 3.05) is 55.6 Å². The van der Waals surface area contributed by atoms with Gasteiger partial charge in [0.15, 0.2) is 5.65 Å². The highest BCUT2D eigenvalue weighted by molar-refractivity contribution is 5.94. The summed E-state index contributed by atoms with van der Waals surface area (Å²) >= 11 is 0. The number of carbonyl (C=O) groups is 4. The Labute approximate surface area is 220 Å². The summed E-state index contributed by atoms with van der Waals surface area (Å²) in [4.78, 5) is 56.5. The lowest BCUT2D eigenvalue weighted by atomic mass is 10.2. The molecule has 4 amide bonds. The Balaban J connectivity index is 1.13. The summed E-state index contributed by atoms with van der Waals surface area (Å²) in [6, 6.07) is 4.36. The molecule has 0 aliphatic carbocycles. The maximum Gasteiger partial charge on any atom is 0.414 e. The summed E-state index contributed by atoms with van der Waals surface area (Å²) in [6.07, 6.45) is 1.90. The number of halogens is 1. The average molecular weight is 542 g/mol. The third-order valence-corrected chi connectivity index (χ3v) is 6.39. The normalized spacial score (nSPS) is 17.3. The summed E-state index contributed by atoms with van der Waals surface area (Å²) in [5, 5.41) is 21.1. The fourth-order valence-electron chi connectivity index (χ4n) is 4.41. The number of hydrogen-bond acceptors (Lipinski definition) is 9. The third kappa shape index (κ3) is 5.48. The van der Waals surface area contributed by atoms with Crippen molar-refractivity contribution < 1.29 is 33.4 Å². The molecular weight excluding hydrogens is 517 g/mol. The second-order valence-electron chi connectivity index (χ2n) is 8.82. The number of cyclic esters (lactones) is 1. The largest absolute Gasteiger partial charge is 0.465 e. The fraction of sp³-hybridized carbons (Fsp3) is 0.348. The SMILES string of the molecule is O=C(O)NC[C@H]1CN(c2ccc(N3CCN(C(=O)CNC(=O)c4nnc5cnccn45)CC3)c(F)c2)C(=O)O1. The first kappa shape index (κ1) is 25.6. The quantitative estimate of drug-likeness (QED) is 0.367. The van der Waals surface area contributed by atoms with Crippen LogP contribution < -0.4 is 20.4 Å². The molecule has 0 bridgehead atoms. The lowest BCUT2D eigenvalue weighted by Gasteiger charge is -2.36. The molecule has 0 spiro atoms. The molecule has 204 valence electrons. The van der Waals surface area contributed by atoms with Gasteiger partial charge in [-0.2, -0.15) is 0 Å². The van der Waals surface area contributed by atoms with Crippen LogP contribution >= 0.6 is 0 Å². The van der Waals surface area contributed by atoms with Crippen molar-refractivity contribution in [3.63, 3.8) is 0 Å². The van der Waals surface area contributed by atoms with Crippen molar-refractivity contribution >= 4 is 41.0 Å². The summed E-state index contributed by atoms with van der Waals surface area (Å²) in [7, 11) is 0. The summed E-state index contributed by atoms with van der Waals surface area (Å²) < 4.78 is 21.6. The van der Waals surface area contributed by atoms with Gasteiger partial charge < -0.3 is 30.3 Å². The van der Waals surface area contributed by atoms with Crippen LogP contribution in [0.2, 0.25) is 0 Å². The zero-order valence-electron chi connectivity index (χ0n) is 20.5. The number of benzene rings is 1. The van der Waals surface area contributed by atoms with Gasteiger partial charge in [-0.25, -0.2) is 14.0 Å². The monoisotopic (exact) mass is 541 g/mol. The van der Waals surface area contributed by atoms with E-state index in [2.05, 4.69) is 25.8 Å². The summed E-state index contributed by atoms with van der Waals surface area (Å²) in [6.45, 7) is 1.17. The molecule has 15 nitrogen and oxygen atoms in total. The van der Waals surface area contributed by atoms with Gasteiger partial charge >= 0.3 is 12.2 Å². The molecule has 2 aliphatic rings. The second-order valence-corrected chi connectivity index (χ2v) is 8.82. The van der Waals surface area contributed by atoms with E-state index in [9.17, 15) is 19.2 Å². The number of carboxylic acid groups (broad SMARTS) is 1. The Hall–Kier alpha value is -5.02. The molecule has 1 atom stereocenters. The number of hydrogen-bond donors (Lipinski definition) is 3. The Kier molecular flexibility index (Phi) is 7.07. The van der Waals surface area contributed by atoms with Crippen LogP contribution in [-0.4, -0.2) is 106 Å². The minimum absolute atomic E-state index is 0.0404. The van der Waals surface area contributed by atoms with E-state index >= 15 is 4.39 Å². The zero-order valence-corrected chi connectivity index (χ0v) is 20.5. The van der Waals surface area contributed by atoms with Gasteiger partial charge in [0.25, 0.3) is 5.91 Å². The Morgan fingerprint density at radius 3 is 2.67 bits per heavy atom. The van der Waals surface area contributed by atoms with Crippen LogP contribution in [-0.2, 0) is 9.53 Å². The number of anilines is 2. The molecule has 3 aromatic rings. The molecule has 16 heteroatoms. The first-order valence-corrected chi connectivity index (χ1v) is 12.0. The molecule has 0 saturated carbocycles. The Morgan fingerprint density at radius 1 is 1.13 bits per heavy atom. The molecule has 2 aromatic heterocycles. The van der Waals surface area contributed by atoms with Gasteiger partial charge in [0.1, 0.15) is 11.9 Å². The second kappa shape index (κ2) is 10.8. The first-order valence-electron chi connectivity index (χ1n) is 12.0. The van der Waals surface area contributed by atoms with Crippen molar-refractivity contribution in [1.82, 2.24) is 35.1 Å². The molecule has 5 rings (SSSR count). The van der Waals surface area contributed by atoms with E-state index in [1.54, 1.807) is 28.1 Å². The van der Waals surface area contributed by atoms with Crippen LogP contribution in [0.25, 0.3) is 5.65 Å². The predicted octanol–water partition coefficient (Wildman–Crippen LogP) is -0.0652. The van der Waals surface area contributed by atoms with Crippen molar-refractivity contribution in [2.24, 2.45) is 0 Å². The maximum absolute atomic E-state index is 15.0. The Bertz CT molecular complexity index is 1420. The van der Waals surface area contributed by atoms with E-state index in [1.165, 1.54) is 27.8 Å². The van der Waals surface area contributed by atoms with Crippen LogP contribution in [0.1, 0.15) is 10.6 Å². The molecule has 3 N–H and O–H groups in total. The minimum Gasteiger partial charge on any atom is -0.465 e. The van der Waals surface area contributed by atoms with Gasteiger partial charge in [-0.05, 0) is 18.2 Å². The highest BCUT2D eigenvalue weighted by Crippen LogP contribution is 2.28. The maximum atomic E-state index is 15.0. The molecule has 0 unspecified atom stereocenters. The van der Waals surface area contributed by atoms with Gasteiger partial charge in [-0.3, -0.25) is 23.9 Å². The van der Waals surface area contributed by atoms with Crippen molar-refractivity contribution in [1.29, 1.82) is 0 Å². The van der Waals surface area contributed by atoms with Crippen molar-refractivity contribution in [3.8, 4) is 0 Å². The van der Waals surface area contributed by atoms with Crippen LogP contribution in [0.4, 0.5) is 25.4 Å². The third-order valence-electron chi connectivity index (χ3n) is 6.39. The molecule has 4 heterocycles. The predicted molar refractivity (Wildman–Crippen MR) is 132 cm³/mol. The summed E-state index contributed by atoms with van der Waals surface area (Å²) in [5.74, 6) is -1.34. The lowest BCUT2D eigenvalue weighted by molar-refractivity contribution is -0.130. The topological polar surface area (TPSA) is 175 Å². The van der Waals surface area contributed by atoms with E-state index in [1.807, 2.05) is 0 Å². The van der Waals surface area contributed by atoms with Crippen LogP contribution in [0, 0.1) is 5.82 Å². The Morgan fingerprint density at radius 2 is 1.92 bits per heavy atom. The number of nitrogens with zero attached hydrogens (tertiary/aromatic N) is 7. The number of aromatic nitrogens is 4. The molecule has 39 heavy (non-hydrogen) atoms. The van der Waals surface area contributed by atoms with Crippen LogP contribution in [0.5, 0.6) is 0 Å². The van der Waals surface area contributed by atoms with Gasteiger partial charge in [0.05, 0.1) is 37.2 Å². The smallest absolute Gasteiger partial charge is 0.414 e. The highest BCUT2D eigenvalue weighted by Gasteiger charge is 2.33. The number of fused-ring (bicyclic) bond motifs is 1. The van der Waals surface area contributed by atoms with E-state index < -0.39 is 30.0 Å². The molecule has 2 saturated heterocycles. The van der Waals surface area contributed by atoms with E-state index in [4.69, 9.17) is 9.84 Å². The highest BCUT2D eigenvalue weighted by atomic mass is 19.1. The molecule has 1 aromatic carbocycles. The van der Waals surface area contributed by atoms with Gasteiger partial charge in [0.2, 0.25) is 11.7 Å². The number of nitrogens with one attached hydrogen (secondary N) is 2. The van der Waals surface area contributed by atoms with Crippen molar-refractivity contribution in [2.45, 2.75) is 6.10 Å². The average Bonchev–Trinajstić information content (AvgIpc) is 3.54. The first-order chi connectivity index (χ1) is 18.8. The number of piperazine rings is 1. The van der Waals surface area contributed by atoms with Gasteiger partial charge in [0, 0.05) is 38.6 Å². The van der Waals surface area contributed by atoms with Crippen LogP contribution in [0.3, 0.4) is 0 Å². The fourth-order valence-corrected chi connectivity index (χ4v) is 4.41. The molecule has 2 aliphatic heterocycles. The number of ether oxygens (including phenoxy) is 1. The van der Waals surface area contributed by atoms with Gasteiger partial charge in [-0.1, -0.05) is 0 Å². The summed E-state index contributed by atoms with van der Waals surface area (Å²) in [5.41, 5.74) is 1.02. The van der Waals surface area contributed by atoms with Crippen molar-refractivity contribution in [3.05, 3.63) is 48.4 Å². The van der Waals surface area contributed by atoms with Gasteiger partial charge in [-0.15, -0.1) is 10.2 Å². The molecular formula is C23H24FN9O6. The number of amides is 4. The van der Waals surface area contributed by atoms with E-state index in [0.717, 1.165) is 0 Å². The minimum atomic E-state index is -1.23. The number of carbonyl (C=O) groups excluding carboxylic acids is 3. The molecule has 2 fully saturated rings. The standard InChI is InChI=1S/C23H24FN9O6/c24-16-9-14(33-13-15(39-23(33)38)10-27-22(36)37)1-2-17(16)30-5-7-31(8-6-30)19(34)12-26-21(35)20-29-28-18-11-25-3-4-32(18)20/h1-4,9,11,15,27H,5-8,10,12-13H2,(H,26,35)(H,36,37)/t15-/m0/s1.